The Hall–Kier alpha value is -2.25. The van der Waals surface area contributed by atoms with Crippen LogP contribution in [0.2, 0.25) is 0 Å². The summed E-state index contributed by atoms with van der Waals surface area (Å²) in [6, 6.07) is 9.78. The van der Waals surface area contributed by atoms with Crippen molar-refractivity contribution in [3.63, 3.8) is 0 Å². The monoisotopic (exact) mass is 383 g/mol. The zero-order valence-corrected chi connectivity index (χ0v) is 16.2. The van der Waals surface area contributed by atoms with Crippen LogP contribution < -0.4 is 0 Å². The Morgan fingerprint density at radius 1 is 1.30 bits per heavy atom. The lowest BCUT2D eigenvalue weighted by Crippen LogP contribution is -2.48. The summed E-state index contributed by atoms with van der Waals surface area (Å²) in [7, 11) is 0. The van der Waals surface area contributed by atoms with Crippen LogP contribution in [0, 0.1) is 13.8 Å². The SMILES string of the molecule is Cc1nc(C)c(C(=O)N2CC[C@@]34O[C@H](c5ccccc5)CN3C(=O)C[C@@H]24)s1. The number of nitrogens with zero attached hydrogens (tertiary/aromatic N) is 3. The number of likely N-dealkylation sites (tertiary alicyclic amines) is 1. The summed E-state index contributed by atoms with van der Waals surface area (Å²) in [4.78, 5) is 34.7. The second-order valence-electron chi connectivity index (χ2n) is 7.48. The molecule has 3 saturated heterocycles. The molecular weight excluding hydrogens is 362 g/mol. The number of aryl methyl sites for hydroxylation is 2. The van der Waals surface area contributed by atoms with E-state index in [0.717, 1.165) is 16.3 Å². The Morgan fingerprint density at radius 3 is 2.78 bits per heavy atom. The van der Waals surface area contributed by atoms with Crippen LogP contribution in [0.3, 0.4) is 0 Å². The molecule has 0 saturated carbocycles. The summed E-state index contributed by atoms with van der Waals surface area (Å²) >= 11 is 1.42. The maximum absolute atomic E-state index is 13.2. The molecule has 2 aromatic rings. The van der Waals surface area contributed by atoms with E-state index in [4.69, 9.17) is 4.74 Å². The lowest BCUT2D eigenvalue weighted by atomic mass is 10.1. The summed E-state index contributed by atoms with van der Waals surface area (Å²) < 4.78 is 6.50. The molecule has 140 valence electrons. The molecule has 0 aliphatic carbocycles. The molecule has 1 spiro atoms. The van der Waals surface area contributed by atoms with E-state index in [9.17, 15) is 9.59 Å². The third-order valence-electron chi connectivity index (χ3n) is 5.96. The molecule has 0 radical (unpaired) electrons. The van der Waals surface area contributed by atoms with Crippen molar-refractivity contribution >= 4 is 23.2 Å². The summed E-state index contributed by atoms with van der Waals surface area (Å²) in [5, 5.41) is 0.884. The quantitative estimate of drug-likeness (QED) is 0.800. The van der Waals surface area contributed by atoms with Crippen LogP contribution in [0.15, 0.2) is 30.3 Å². The number of aromatic nitrogens is 1. The van der Waals surface area contributed by atoms with Crippen molar-refractivity contribution in [1.82, 2.24) is 14.8 Å². The molecule has 27 heavy (non-hydrogen) atoms. The van der Waals surface area contributed by atoms with Crippen molar-refractivity contribution in [2.24, 2.45) is 0 Å². The van der Waals surface area contributed by atoms with E-state index in [1.807, 2.05) is 54.0 Å². The molecule has 0 N–H and O–H groups in total. The van der Waals surface area contributed by atoms with Crippen LogP contribution in [0.25, 0.3) is 0 Å². The van der Waals surface area contributed by atoms with E-state index in [-0.39, 0.29) is 24.0 Å². The summed E-state index contributed by atoms with van der Waals surface area (Å²) in [5.74, 6) is 0.0505. The van der Waals surface area contributed by atoms with Crippen molar-refractivity contribution in [3.05, 3.63) is 51.5 Å². The van der Waals surface area contributed by atoms with Crippen molar-refractivity contribution in [3.8, 4) is 0 Å². The highest BCUT2D eigenvalue weighted by Gasteiger charge is 2.65. The lowest BCUT2D eigenvalue weighted by molar-refractivity contribution is -0.138. The van der Waals surface area contributed by atoms with Crippen LogP contribution in [0.4, 0.5) is 0 Å². The molecule has 2 amide bonds. The number of hydrogen-bond acceptors (Lipinski definition) is 5. The van der Waals surface area contributed by atoms with E-state index in [0.29, 0.717) is 30.8 Å². The third-order valence-corrected chi connectivity index (χ3v) is 7.02. The molecule has 1 aromatic carbocycles. The van der Waals surface area contributed by atoms with Gasteiger partial charge in [-0.05, 0) is 19.4 Å². The van der Waals surface area contributed by atoms with Crippen LogP contribution in [0.5, 0.6) is 0 Å². The van der Waals surface area contributed by atoms with Gasteiger partial charge in [0.05, 0.1) is 29.7 Å². The number of thiazole rings is 1. The topological polar surface area (TPSA) is 62.7 Å². The van der Waals surface area contributed by atoms with E-state index >= 15 is 0 Å². The van der Waals surface area contributed by atoms with E-state index in [2.05, 4.69) is 4.98 Å². The number of hydrogen-bond donors (Lipinski definition) is 0. The van der Waals surface area contributed by atoms with Gasteiger partial charge < -0.3 is 14.5 Å². The first-order valence-corrected chi connectivity index (χ1v) is 10.1. The molecule has 3 fully saturated rings. The number of ether oxygens (including phenoxy) is 1. The average Bonchev–Trinajstić information content (AvgIpc) is 3.36. The smallest absolute Gasteiger partial charge is 0.266 e. The second-order valence-corrected chi connectivity index (χ2v) is 8.69. The van der Waals surface area contributed by atoms with Crippen LogP contribution in [0.1, 0.15) is 44.9 Å². The fourth-order valence-corrected chi connectivity index (χ4v) is 5.64. The Labute approximate surface area is 161 Å². The largest absolute Gasteiger partial charge is 0.343 e. The molecule has 4 heterocycles. The number of carbonyl (C=O) groups excluding carboxylic acids is 2. The Balaban J connectivity index is 1.46. The van der Waals surface area contributed by atoms with Crippen molar-refractivity contribution < 1.29 is 14.3 Å². The zero-order chi connectivity index (χ0) is 18.8. The number of amides is 2. The summed E-state index contributed by atoms with van der Waals surface area (Å²) in [6.45, 7) is 4.93. The summed E-state index contributed by atoms with van der Waals surface area (Å²) in [6.07, 6.45) is 0.861. The van der Waals surface area contributed by atoms with Gasteiger partial charge in [-0.25, -0.2) is 4.98 Å². The number of carbonyl (C=O) groups is 2. The first-order chi connectivity index (χ1) is 13.0. The highest BCUT2D eigenvalue weighted by atomic mass is 32.1. The molecule has 7 heteroatoms. The van der Waals surface area contributed by atoms with Gasteiger partial charge in [0.25, 0.3) is 5.91 Å². The highest BCUT2D eigenvalue weighted by molar-refractivity contribution is 7.13. The predicted octanol–water partition coefficient (Wildman–Crippen LogP) is 2.67. The fraction of sp³-hybridized carbons (Fsp3) is 0.450. The molecule has 3 atom stereocenters. The molecular formula is C20H21N3O3S. The van der Waals surface area contributed by atoms with Gasteiger partial charge in [0.1, 0.15) is 11.0 Å². The molecule has 3 aliphatic heterocycles. The molecule has 1 aromatic heterocycles. The van der Waals surface area contributed by atoms with Crippen molar-refractivity contribution in [2.75, 3.05) is 13.1 Å². The molecule has 0 unspecified atom stereocenters. The molecule has 6 nitrogen and oxygen atoms in total. The standard InChI is InChI=1S/C20H21N3O3S/c1-12-18(27-13(2)21-12)19(25)22-9-8-20-16(22)10-17(24)23(20)11-15(26-20)14-6-4-3-5-7-14/h3-7,15-16H,8-11H2,1-2H3/t15-,16+,20-/m0/s1. The maximum Gasteiger partial charge on any atom is 0.266 e. The van der Waals surface area contributed by atoms with Crippen molar-refractivity contribution in [2.45, 2.75) is 44.6 Å². The van der Waals surface area contributed by atoms with Gasteiger partial charge in [-0.2, -0.15) is 0 Å². The van der Waals surface area contributed by atoms with Gasteiger partial charge in [0.15, 0.2) is 5.72 Å². The van der Waals surface area contributed by atoms with Crippen LogP contribution in [-0.4, -0.2) is 51.5 Å². The number of benzene rings is 1. The maximum atomic E-state index is 13.2. The summed E-state index contributed by atoms with van der Waals surface area (Å²) in [5.41, 5.74) is 1.16. The van der Waals surface area contributed by atoms with Gasteiger partial charge >= 0.3 is 0 Å². The van der Waals surface area contributed by atoms with Gasteiger partial charge in [-0.15, -0.1) is 11.3 Å². The minimum Gasteiger partial charge on any atom is -0.343 e. The normalized spacial score (nSPS) is 29.3. The average molecular weight is 383 g/mol. The first-order valence-electron chi connectivity index (χ1n) is 9.28. The Morgan fingerprint density at radius 2 is 2.07 bits per heavy atom. The van der Waals surface area contributed by atoms with E-state index in [1.54, 1.807) is 0 Å². The van der Waals surface area contributed by atoms with Gasteiger partial charge in [0.2, 0.25) is 5.91 Å². The second kappa shape index (κ2) is 5.87. The minimum atomic E-state index is -0.680. The fourth-order valence-electron chi connectivity index (χ4n) is 4.77. The zero-order valence-electron chi connectivity index (χ0n) is 15.3. The predicted molar refractivity (Wildman–Crippen MR) is 100 cm³/mol. The minimum absolute atomic E-state index is 0.0265. The van der Waals surface area contributed by atoms with E-state index in [1.165, 1.54) is 11.3 Å². The highest BCUT2D eigenvalue weighted by Crippen LogP contribution is 2.51. The Bertz CT molecular complexity index is 928. The van der Waals surface area contributed by atoms with Crippen LogP contribution >= 0.6 is 11.3 Å². The lowest BCUT2D eigenvalue weighted by Gasteiger charge is -2.31. The third kappa shape index (κ3) is 2.38. The Kier molecular flexibility index (Phi) is 3.67. The number of rotatable bonds is 2. The van der Waals surface area contributed by atoms with Crippen molar-refractivity contribution in [1.29, 1.82) is 0 Å². The molecule has 3 aliphatic rings. The van der Waals surface area contributed by atoms with Crippen LogP contribution in [-0.2, 0) is 9.53 Å². The van der Waals surface area contributed by atoms with Gasteiger partial charge in [-0.1, -0.05) is 30.3 Å². The van der Waals surface area contributed by atoms with Gasteiger partial charge in [-0.3, -0.25) is 9.59 Å². The van der Waals surface area contributed by atoms with E-state index < -0.39 is 5.72 Å². The molecule has 0 bridgehead atoms. The first kappa shape index (κ1) is 16.9. The molecule has 5 rings (SSSR count). The van der Waals surface area contributed by atoms with Gasteiger partial charge in [0, 0.05) is 13.0 Å².